The SMILES string of the molecule is CCCCCN(C(=O)CCl)C(C)c1nc2ccccc2c(=O)n1-c1ccc(OCC)cc1. The fraction of sp³-hybridized carbons (Fsp3) is 0.400. The van der Waals surface area contributed by atoms with Crippen molar-refractivity contribution < 1.29 is 9.53 Å². The van der Waals surface area contributed by atoms with E-state index in [1.807, 2.05) is 56.3 Å². The van der Waals surface area contributed by atoms with Crippen molar-refractivity contribution in [3.05, 3.63) is 64.7 Å². The molecule has 0 N–H and O–H groups in total. The molecule has 170 valence electrons. The van der Waals surface area contributed by atoms with Crippen LogP contribution in [0.25, 0.3) is 16.6 Å². The summed E-state index contributed by atoms with van der Waals surface area (Å²) in [6, 6.07) is 14.2. The summed E-state index contributed by atoms with van der Waals surface area (Å²) in [6.07, 6.45) is 2.92. The second-order valence-corrected chi connectivity index (χ2v) is 7.93. The zero-order valence-electron chi connectivity index (χ0n) is 18.9. The van der Waals surface area contributed by atoms with E-state index in [1.54, 1.807) is 15.5 Å². The second-order valence-electron chi connectivity index (χ2n) is 7.66. The Morgan fingerprint density at radius 3 is 2.50 bits per heavy atom. The largest absolute Gasteiger partial charge is 0.494 e. The predicted molar refractivity (Wildman–Crippen MR) is 129 cm³/mol. The first-order valence-corrected chi connectivity index (χ1v) is 11.7. The summed E-state index contributed by atoms with van der Waals surface area (Å²) < 4.78 is 7.14. The van der Waals surface area contributed by atoms with Crippen molar-refractivity contribution >= 4 is 28.4 Å². The number of alkyl halides is 1. The first kappa shape index (κ1) is 23.8. The first-order chi connectivity index (χ1) is 15.5. The number of amides is 1. The van der Waals surface area contributed by atoms with E-state index in [4.69, 9.17) is 21.3 Å². The Hall–Kier alpha value is -2.86. The number of unbranched alkanes of at least 4 members (excludes halogenated alkanes) is 2. The number of aromatic nitrogens is 2. The quantitative estimate of drug-likeness (QED) is 0.315. The maximum Gasteiger partial charge on any atom is 0.266 e. The molecular formula is C25H30ClN3O3. The highest BCUT2D eigenvalue weighted by molar-refractivity contribution is 6.27. The molecule has 3 aromatic rings. The Morgan fingerprint density at radius 1 is 1.12 bits per heavy atom. The van der Waals surface area contributed by atoms with Crippen LogP contribution in [-0.4, -0.2) is 39.4 Å². The maximum absolute atomic E-state index is 13.5. The summed E-state index contributed by atoms with van der Waals surface area (Å²) in [5, 5.41) is 0.526. The van der Waals surface area contributed by atoms with E-state index in [-0.39, 0.29) is 17.3 Å². The smallest absolute Gasteiger partial charge is 0.266 e. The van der Waals surface area contributed by atoms with Crippen LogP contribution in [0.2, 0.25) is 0 Å². The van der Waals surface area contributed by atoms with Gasteiger partial charge in [-0.25, -0.2) is 4.98 Å². The molecule has 1 aromatic heterocycles. The molecular weight excluding hydrogens is 426 g/mol. The summed E-state index contributed by atoms with van der Waals surface area (Å²) in [6.45, 7) is 7.06. The average molecular weight is 456 g/mol. The molecule has 0 saturated carbocycles. The molecule has 32 heavy (non-hydrogen) atoms. The summed E-state index contributed by atoms with van der Waals surface area (Å²) in [5.41, 5.74) is 1.10. The number of benzene rings is 2. The maximum atomic E-state index is 13.5. The van der Waals surface area contributed by atoms with E-state index < -0.39 is 6.04 Å². The molecule has 1 heterocycles. The minimum absolute atomic E-state index is 0.114. The van der Waals surface area contributed by atoms with E-state index in [9.17, 15) is 9.59 Å². The number of hydrogen-bond donors (Lipinski definition) is 0. The van der Waals surface area contributed by atoms with Gasteiger partial charge >= 0.3 is 0 Å². The normalized spacial score (nSPS) is 12.0. The van der Waals surface area contributed by atoms with Gasteiger partial charge in [0, 0.05) is 6.54 Å². The third-order valence-electron chi connectivity index (χ3n) is 5.49. The molecule has 0 aliphatic heterocycles. The Labute approximate surface area is 193 Å². The van der Waals surface area contributed by atoms with Crippen LogP contribution in [0.1, 0.15) is 51.9 Å². The molecule has 1 atom stereocenters. The van der Waals surface area contributed by atoms with Gasteiger partial charge in [-0.05, 0) is 56.7 Å². The number of fused-ring (bicyclic) bond motifs is 1. The lowest BCUT2D eigenvalue weighted by atomic mass is 10.1. The summed E-state index contributed by atoms with van der Waals surface area (Å²) in [4.78, 5) is 32.8. The zero-order chi connectivity index (χ0) is 23.1. The Kier molecular flexibility index (Phi) is 8.28. The minimum Gasteiger partial charge on any atom is -0.494 e. The van der Waals surface area contributed by atoms with Gasteiger partial charge in [0.15, 0.2) is 0 Å². The number of carbonyl (C=O) groups is 1. The van der Waals surface area contributed by atoms with E-state index >= 15 is 0 Å². The lowest BCUT2D eigenvalue weighted by Crippen LogP contribution is -2.38. The first-order valence-electron chi connectivity index (χ1n) is 11.1. The average Bonchev–Trinajstić information content (AvgIpc) is 2.82. The standard InChI is InChI=1S/C25H30ClN3O3/c1-4-6-9-16-28(23(30)17-26)18(3)24-27-22-11-8-7-10-21(22)25(31)29(24)19-12-14-20(15-13-19)32-5-2/h7-8,10-15,18H,4-6,9,16-17H2,1-3H3. The van der Waals surface area contributed by atoms with Crippen LogP contribution in [0.15, 0.2) is 53.3 Å². The topological polar surface area (TPSA) is 64.4 Å². The molecule has 2 aromatic carbocycles. The van der Waals surface area contributed by atoms with E-state index in [0.29, 0.717) is 35.6 Å². The fourth-order valence-electron chi connectivity index (χ4n) is 3.82. The van der Waals surface area contributed by atoms with Crippen molar-refractivity contribution in [3.63, 3.8) is 0 Å². The zero-order valence-corrected chi connectivity index (χ0v) is 19.6. The van der Waals surface area contributed by atoms with E-state index in [0.717, 1.165) is 25.0 Å². The molecule has 1 unspecified atom stereocenters. The van der Waals surface area contributed by atoms with Gasteiger partial charge in [-0.1, -0.05) is 31.9 Å². The lowest BCUT2D eigenvalue weighted by molar-refractivity contribution is -0.130. The van der Waals surface area contributed by atoms with Gasteiger partial charge in [0.25, 0.3) is 5.56 Å². The van der Waals surface area contributed by atoms with Gasteiger partial charge in [0.2, 0.25) is 5.91 Å². The van der Waals surface area contributed by atoms with Gasteiger partial charge < -0.3 is 9.64 Å². The van der Waals surface area contributed by atoms with Crippen molar-refractivity contribution in [2.45, 2.75) is 46.1 Å². The number of para-hydroxylation sites is 1. The monoisotopic (exact) mass is 455 g/mol. The minimum atomic E-state index is -0.429. The highest BCUT2D eigenvalue weighted by Crippen LogP contribution is 2.25. The lowest BCUT2D eigenvalue weighted by Gasteiger charge is -2.30. The summed E-state index contributed by atoms with van der Waals surface area (Å²) in [7, 11) is 0. The number of halogens is 1. The van der Waals surface area contributed by atoms with Crippen LogP contribution in [0.4, 0.5) is 0 Å². The molecule has 0 aliphatic carbocycles. The molecule has 3 rings (SSSR count). The fourth-order valence-corrected chi connectivity index (χ4v) is 3.97. The Bertz CT molecular complexity index is 1110. The van der Waals surface area contributed by atoms with Gasteiger partial charge in [0.1, 0.15) is 17.5 Å². The molecule has 0 aliphatic rings. The van der Waals surface area contributed by atoms with Crippen LogP contribution in [0.3, 0.4) is 0 Å². The van der Waals surface area contributed by atoms with Crippen molar-refractivity contribution in [3.8, 4) is 11.4 Å². The number of hydrogen-bond acceptors (Lipinski definition) is 4. The summed E-state index contributed by atoms with van der Waals surface area (Å²) in [5.74, 6) is 0.951. The molecule has 0 saturated heterocycles. The third kappa shape index (κ3) is 5.13. The molecule has 7 heteroatoms. The molecule has 1 amide bonds. The van der Waals surface area contributed by atoms with Crippen molar-refractivity contribution in [2.75, 3.05) is 19.0 Å². The van der Waals surface area contributed by atoms with Gasteiger partial charge in [0.05, 0.1) is 29.2 Å². The number of carbonyl (C=O) groups excluding carboxylic acids is 1. The molecule has 0 spiro atoms. The molecule has 6 nitrogen and oxygen atoms in total. The number of ether oxygens (including phenoxy) is 1. The molecule has 0 fully saturated rings. The molecule has 0 bridgehead atoms. The number of nitrogens with zero attached hydrogens (tertiary/aromatic N) is 3. The second kappa shape index (κ2) is 11.1. The highest BCUT2D eigenvalue weighted by Gasteiger charge is 2.26. The van der Waals surface area contributed by atoms with Crippen LogP contribution in [0, 0.1) is 0 Å². The van der Waals surface area contributed by atoms with E-state index in [2.05, 4.69) is 6.92 Å². The van der Waals surface area contributed by atoms with Gasteiger partial charge in [-0.15, -0.1) is 11.6 Å². The van der Waals surface area contributed by atoms with Crippen LogP contribution >= 0.6 is 11.6 Å². The van der Waals surface area contributed by atoms with Crippen LogP contribution < -0.4 is 10.3 Å². The van der Waals surface area contributed by atoms with E-state index in [1.165, 1.54) is 0 Å². The Morgan fingerprint density at radius 2 is 1.84 bits per heavy atom. The Balaban J connectivity index is 2.16. The van der Waals surface area contributed by atoms with Gasteiger partial charge in [-0.2, -0.15) is 0 Å². The van der Waals surface area contributed by atoms with Crippen LogP contribution in [0.5, 0.6) is 5.75 Å². The van der Waals surface area contributed by atoms with Crippen molar-refractivity contribution in [1.82, 2.24) is 14.5 Å². The van der Waals surface area contributed by atoms with Gasteiger partial charge in [-0.3, -0.25) is 14.2 Å². The highest BCUT2D eigenvalue weighted by atomic mass is 35.5. The van der Waals surface area contributed by atoms with Crippen LogP contribution in [-0.2, 0) is 4.79 Å². The predicted octanol–water partition coefficient (Wildman–Crippen LogP) is 5.10. The molecule has 0 radical (unpaired) electrons. The van der Waals surface area contributed by atoms with Crippen molar-refractivity contribution in [1.29, 1.82) is 0 Å². The third-order valence-corrected chi connectivity index (χ3v) is 5.71. The van der Waals surface area contributed by atoms with Crippen molar-refractivity contribution in [2.24, 2.45) is 0 Å². The number of rotatable bonds is 10. The summed E-state index contributed by atoms with van der Waals surface area (Å²) >= 11 is 5.93.